The van der Waals surface area contributed by atoms with Crippen molar-refractivity contribution in [2.24, 2.45) is 0 Å². The normalized spacial score (nSPS) is 10.3. The maximum absolute atomic E-state index is 12.4. The number of carbonyl (C=O) groups excluding carboxylic acids is 1. The lowest BCUT2D eigenvalue weighted by Crippen LogP contribution is -2.13. The molecule has 1 amide bonds. The van der Waals surface area contributed by atoms with Crippen LogP contribution in [0.3, 0.4) is 0 Å². The van der Waals surface area contributed by atoms with Crippen molar-refractivity contribution in [1.29, 1.82) is 0 Å². The van der Waals surface area contributed by atoms with E-state index in [0.29, 0.717) is 17.1 Å². The molecule has 1 aromatic heterocycles. The molecule has 4 nitrogen and oxygen atoms in total. The van der Waals surface area contributed by atoms with Crippen molar-refractivity contribution >= 4 is 11.7 Å². The maximum atomic E-state index is 12.4. The predicted octanol–water partition coefficient (Wildman–Crippen LogP) is 3.90. The van der Waals surface area contributed by atoms with E-state index in [1.54, 1.807) is 19.1 Å². The summed E-state index contributed by atoms with van der Waals surface area (Å²) < 4.78 is 4.95. The summed E-state index contributed by atoms with van der Waals surface area (Å²) in [6.07, 6.45) is 0. The lowest BCUT2D eigenvalue weighted by molar-refractivity contribution is 0.102. The van der Waals surface area contributed by atoms with Crippen molar-refractivity contribution in [1.82, 2.24) is 5.16 Å². The lowest BCUT2D eigenvalue weighted by atomic mass is 9.99. The number of nitrogens with one attached hydrogen (secondary N) is 1. The Morgan fingerprint density at radius 2 is 1.76 bits per heavy atom. The zero-order valence-corrected chi connectivity index (χ0v) is 11.5. The molecule has 0 aliphatic heterocycles. The minimum Gasteiger partial charge on any atom is -0.360 e. The van der Waals surface area contributed by atoms with E-state index >= 15 is 0 Å². The highest BCUT2D eigenvalue weighted by Crippen LogP contribution is 2.24. The van der Waals surface area contributed by atoms with Gasteiger partial charge < -0.3 is 9.84 Å². The average molecular weight is 278 g/mol. The molecule has 0 radical (unpaired) electrons. The van der Waals surface area contributed by atoms with Gasteiger partial charge in [0.15, 0.2) is 5.82 Å². The molecule has 3 aromatic rings. The molecule has 104 valence electrons. The zero-order chi connectivity index (χ0) is 14.7. The van der Waals surface area contributed by atoms with Crippen LogP contribution in [-0.4, -0.2) is 11.1 Å². The number of carbonyl (C=O) groups is 1. The third-order valence-electron chi connectivity index (χ3n) is 3.13. The van der Waals surface area contributed by atoms with Crippen LogP contribution in [0.2, 0.25) is 0 Å². The van der Waals surface area contributed by atoms with E-state index in [0.717, 1.165) is 11.1 Å². The van der Waals surface area contributed by atoms with Crippen LogP contribution in [0.25, 0.3) is 11.1 Å². The molecule has 0 fully saturated rings. The molecular weight excluding hydrogens is 264 g/mol. The number of benzene rings is 2. The van der Waals surface area contributed by atoms with E-state index in [4.69, 9.17) is 4.52 Å². The Morgan fingerprint density at radius 3 is 2.48 bits per heavy atom. The van der Waals surface area contributed by atoms with Crippen molar-refractivity contribution < 1.29 is 9.32 Å². The fourth-order valence-corrected chi connectivity index (χ4v) is 2.16. The third-order valence-corrected chi connectivity index (χ3v) is 3.13. The second-order valence-corrected chi connectivity index (χ2v) is 4.69. The van der Waals surface area contributed by atoms with Crippen LogP contribution < -0.4 is 5.32 Å². The number of aromatic nitrogens is 1. The van der Waals surface area contributed by atoms with Gasteiger partial charge in [0.05, 0.1) is 0 Å². The topological polar surface area (TPSA) is 55.1 Å². The maximum Gasteiger partial charge on any atom is 0.257 e. The smallest absolute Gasteiger partial charge is 0.257 e. The van der Waals surface area contributed by atoms with Crippen molar-refractivity contribution in [2.75, 3.05) is 5.32 Å². The van der Waals surface area contributed by atoms with Crippen LogP contribution >= 0.6 is 0 Å². The summed E-state index contributed by atoms with van der Waals surface area (Å²) in [5.74, 6) is 0.866. The van der Waals surface area contributed by atoms with Gasteiger partial charge in [0.2, 0.25) is 0 Å². The molecule has 0 aliphatic rings. The fraction of sp³-hybridized carbons (Fsp3) is 0.0588. The summed E-state index contributed by atoms with van der Waals surface area (Å²) in [5, 5.41) is 6.52. The number of amides is 1. The summed E-state index contributed by atoms with van der Waals surface area (Å²) in [6, 6.07) is 19.0. The first-order valence-electron chi connectivity index (χ1n) is 6.63. The number of hydrogen-bond donors (Lipinski definition) is 1. The van der Waals surface area contributed by atoms with Gasteiger partial charge in [0.1, 0.15) is 5.76 Å². The van der Waals surface area contributed by atoms with E-state index in [2.05, 4.69) is 10.5 Å². The van der Waals surface area contributed by atoms with Crippen LogP contribution in [0.5, 0.6) is 0 Å². The number of nitrogens with zero attached hydrogens (tertiary/aromatic N) is 1. The van der Waals surface area contributed by atoms with E-state index in [9.17, 15) is 4.79 Å². The largest absolute Gasteiger partial charge is 0.360 e. The van der Waals surface area contributed by atoms with E-state index in [-0.39, 0.29) is 5.91 Å². The molecular formula is C17H14N2O2. The summed E-state index contributed by atoms with van der Waals surface area (Å²) in [7, 11) is 0. The summed E-state index contributed by atoms with van der Waals surface area (Å²) in [6.45, 7) is 1.78. The lowest BCUT2D eigenvalue weighted by Gasteiger charge is -2.08. The highest BCUT2D eigenvalue weighted by atomic mass is 16.5. The molecule has 1 N–H and O–H groups in total. The van der Waals surface area contributed by atoms with E-state index in [1.165, 1.54) is 0 Å². The number of hydrogen-bond acceptors (Lipinski definition) is 3. The summed E-state index contributed by atoms with van der Waals surface area (Å²) >= 11 is 0. The molecule has 1 heterocycles. The van der Waals surface area contributed by atoms with Gasteiger partial charge in [-0.15, -0.1) is 0 Å². The third kappa shape index (κ3) is 2.84. The number of aryl methyl sites for hydroxylation is 1. The van der Waals surface area contributed by atoms with Crippen molar-refractivity contribution in [3.8, 4) is 11.1 Å². The predicted molar refractivity (Wildman–Crippen MR) is 81.1 cm³/mol. The van der Waals surface area contributed by atoms with Crippen molar-refractivity contribution in [2.45, 2.75) is 6.92 Å². The van der Waals surface area contributed by atoms with Crippen LogP contribution in [0.1, 0.15) is 16.1 Å². The van der Waals surface area contributed by atoms with Gasteiger partial charge in [0, 0.05) is 11.6 Å². The first-order chi connectivity index (χ1) is 10.2. The van der Waals surface area contributed by atoms with E-state index < -0.39 is 0 Å². The molecule has 0 unspecified atom stereocenters. The first-order valence-corrected chi connectivity index (χ1v) is 6.63. The van der Waals surface area contributed by atoms with Crippen LogP contribution in [0, 0.1) is 6.92 Å². The highest BCUT2D eigenvalue weighted by molar-refractivity contribution is 6.08. The molecule has 3 rings (SSSR count). The molecule has 21 heavy (non-hydrogen) atoms. The van der Waals surface area contributed by atoms with Gasteiger partial charge in [-0.05, 0) is 24.1 Å². The first kappa shape index (κ1) is 13.1. The minimum absolute atomic E-state index is 0.206. The van der Waals surface area contributed by atoms with Crippen LogP contribution in [0.15, 0.2) is 65.2 Å². The van der Waals surface area contributed by atoms with Gasteiger partial charge in [-0.3, -0.25) is 4.79 Å². The molecule has 0 bridgehead atoms. The molecule has 0 aliphatic carbocycles. The molecule has 0 atom stereocenters. The average Bonchev–Trinajstić information content (AvgIpc) is 2.93. The Hall–Kier alpha value is -2.88. The minimum atomic E-state index is -0.206. The molecule has 0 saturated heterocycles. The van der Waals surface area contributed by atoms with E-state index in [1.807, 2.05) is 48.5 Å². The van der Waals surface area contributed by atoms with Crippen LogP contribution in [0.4, 0.5) is 5.82 Å². The summed E-state index contributed by atoms with van der Waals surface area (Å²) in [4.78, 5) is 12.4. The fourth-order valence-electron chi connectivity index (χ4n) is 2.16. The quantitative estimate of drug-likeness (QED) is 0.790. The Kier molecular flexibility index (Phi) is 3.51. The van der Waals surface area contributed by atoms with Gasteiger partial charge >= 0.3 is 0 Å². The molecule has 4 heteroatoms. The Morgan fingerprint density at radius 1 is 1.05 bits per heavy atom. The monoisotopic (exact) mass is 278 g/mol. The van der Waals surface area contributed by atoms with Crippen molar-refractivity contribution in [3.63, 3.8) is 0 Å². The zero-order valence-electron chi connectivity index (χ0n) is 11.5. The van der Waals surface area contributed by atoms with Gasteiger partial charge in [-0.2, -0.15) is 0 Å². The second kappa shape index (κ2) is 5.63. The SMILES string of the molecule is Cc1cc(NC(=O)c2ccccc2-c2ccccc2)no1. The Bertz CT molecular complexity index is 763. The molecule has 2 aromatic carbocycles. The summed E-state index contributed by atoms with van der Waals surface area (Å²) in [5.41, 5.74) is 2.49. The number of anilines is 1. The highest BCUT2D eigenvalue weighted by Gasteiger charge is 2.13. The molecule has 0 saturated carbocycles. The van der Waals surface area contributed by atoms with Crippen LogP contribution in [-0.2, 0) is 0 Å². The van der Waals surface area contributed by atoms with Gasteiger partial charge in [-0.1, -0.05) is 53.7 Å². The molecule has 0 spiro atoms. The van der Waals surface area contributed by atoms with Gasteiger partial charge in [-0.25, -0.2) is 0 Å². The Labute approximate surface area is 122 Å². The number of rotatable bonds is 3. The second-order valence-electron chi connectivity index (χ2n) is 4.69. The van der Waals surface area contributed by atoms with Crippen molar-refractivity contribution in [3.05, 3.63) is 72.0 Å². The standard InChI is InChI=1S/C17H14N2O2/c1-12-11-16(19-21-12)18-17(20)15-10-6-5-9-14(15)13-7-3-2-4-8-13/h2-11H,1H3,(H,18,19,20). The van der Waals surface area contributed by atoms with Gasteiger partial charge in [0.25, 0.3) is 5.91 Å². The Balaban J connectivity index is 1.93.